The number of hydrogen-bond donors (Lipinski definition) is 1. The van der Waals surface area contributed by atoms with Gasteiger partial charge in [0.15, 0.2) is 0 Å². The molecule has 2 heterocycles. The second kappa shape index (κ2) is 5.15. The van der Waals surface area contributed by atoms with Gasteiger partial charge in [-0.15, -0.1) is 0 Å². The molecule has 19 heavy (non-hydrogen) atoms. The van der Waals surface area contributed by atoms with E-state index in [1.807, 2.05) is 13.1 Å². The molecule has 5 heteroatoms. The first-order chi connectivity index (χ1) is 9.22. The molecule has 0 aromatic carbocycles. The van der Waals surface area contributed by atoms with Crippen LogP contribution in [0.2, 0.25) is 0 Å². The number of amides is 1. The highest BCUT2D eigenvalue weighted by molar-refractivity contribution is 5.81. The molecule has 1 aromatic heterocycles. The molecular formula is C14H20N4O. The molecule has 3 rings (SSSR count). The molecule has 1 aromatic rings. The van der Waals surface area contributed by atoms with Gasteiger partial charge in [0, 0.05) is 31.2 Å². The van der Waals surface area contributed by atoms with Gasteiger partial charge >= 0.3 is 0 Å². The zero-order chi connectivity index (χ0) is 13.2. The predicted octanol–water partition coefficient (Wildman–Crippen LogP) is 1.28. The highest BCUT2D eigenvalue weighted by Gasteiger charge is 2.31. The molecule has 0 radical (unpaired) electrons. The maximum atomic E-state index is 11.7. The van der Waals surface area contributed by atoms with Crippen LogP contribution in [-0.2, 0) is 4.79 Å². The van der Waals surface area contributed by atoms with E-state index >= 15 is 0 Å². The van der Waals surface area contributed by atoms with Crippen molar-refractivity contribution in [2.24, 2.45) is 5.92 Å². The van der Waals surface area contributed by atoms with Crippen LogP contribution in [0.1, 0.15) is 31.4 Å². The fraction of sp³-hybridized carbons (Fsp3) is 0.643. The monoisotopic (exact) mass is 260 g/mol. The maximum Gasteiger partial charge on any atom is 0.223 e. The third kappa shape index (κ3) is 3.03. The van der Waals surface area contributed by atoms with E-state index in [0.717, 1.165) is 50.3 Å². The summed E-state index contributed by atoms with van der Waals surface area (Å²) < 4.78 is 0. The number of rotatable bonds is 3. The summed E-state index contributed by atoms with van der Waals surface area (Å²) in [7, 11) is 0. The van der Waals surface area contributed by atoms with Crippen LogP contribution in [0, 0.1) is 12.8 Å². The molecule has 1 aliphatic carbocycles. The van der Waals surface area contributed by atoms with Gasteiger partial charge in [0.25, 0.3) is 0 Å². The van der Waals surface area contributed by atoms with Gasteiger partial charge in [-0.25, -0.2) is 4.98 Å². The molecule has 1 saturated heterocycles. The van der Waals surface area contributed by atoms with Crippen molar-refractivity contribution >= 4 is 11.7 Å². The van der Waals surface area contributed by atoms with E-state index in [-0.39, 0.29) is 5.91 Å². The number of piperidine rings is 1. The number of anilines is 1. The van der Waals surface area contributed by atoms with Gasteiger partial charge in [-0.3, -0.25) is 9.78 Å². The molecule has 1 N–H and O–H groups in total. The van der Waals surface area contributed by atoms with Gasteiger partial charge in [0.05, 0.1) is 11.9 Å². The number of nitrogens with zero attached hydrogens (tertiary/aromatic N) is 3. The summed E-state index contributed by atoms with van der Waals surface area (Å²) in [6.45, 7) is 3.83. The molecule has 1 amide bonds. The fourth-order valence-electron chi connectivity index (χ4n) is 2.52. The van der Waals surface area contributed by atoms with Crippen molar-refractivity contribution in [3.05, 3.63) is 18.1 Å². The molecule has 2 fully saturated rings. The lowest BCUT2D eigenvalue weighted by atomic mass is 10.0. The lowest BCUT2D eigenvalue weighted by Crippen LogP contribution is -2.45. The van der Waals surface area contributed by atoms with Gasteiger partial charge in [-0.1, -0.05) is 0 Å². The third-order valence-corrected chi connectivity index (χ3v) is 3.86. The molecule has 1 saturated carbocycles. The van der Waals surface area contributed by atoms with Gasteiger partial charge in [-0.05, 0) is 32.6 Å². The molecular weight excluding hydrogens is 240 g/mol. The van der Waals surface area contributed by atoms with Gasteiger partial charge in [0.2, 0.25) is 5.91 Å². The van der Waals surface area contributed by atoms with Crippen molar-refractivity contribution in [1.29, 1.82) is 0 Å². The Morgan fingerprint density at radius 1 is 1.26 bits per heavy atom. The summed E-state index contributed by atoms with van der Waals surface area (Å²) in [6.07, 6.45) is 7.72. The van der Waals surface area contributed by atoms with E-state index < -0.39 is 0 Å². The first-order valence-electron chi connectivity index (χ1n) is 7.06. The molecule has 1 aliphatic heterocycles. The molecule has 2 aliphatic rings. The number of aromatic nitrogens is 2. The highest BCUT2D eigenvalue weighted by Crippen LogP contribution is 2.29. The van der Waals surface area contributed by atoms with Crippen molar-refractivity contribution < 1.29 is 4.79 Å². The highest BCUT2D eigenvalue weighted by atomic mass is 16.2. The van der Waals surface area contributed by atoms with Crippen molar-refractivity contribution in [1.82, 2.24) is 15.3 Å². The predicted molar refractivity (Wildman–Crippen MR) is 72.9 cm³/mol. The minimum atomic E-state index is 0.258. The second-order valence-electron chi connectivity index (χ2n) is 5.56. The maximum absolute atomic E-state index is 11.7. The van der Waals surface area contributed by atoms with E-state index in [0.29, 0.717) is 12.0 Å². The van der Waals surface area contributed by atoms with Crippen molar-refractivity contribution in [3.8, 4) is 0 Å². The van der Waals surface area contributed by atoms with Crippen molar-refractivity contribution in [2.75, 3.05) is 18.0 Å². The van der Waals surface area contributed by atoms with E-state index in [2.05, 4.69) is 20.2 Å². The Hall–Kier alpha value is -1.65. The minimum Gasteiger partial charge on any atom is -0.355 e. The van der Waals surface area contributed by atoms with E-state index in [9.17, 15) is 4.79 Å². The lowest BCUT2D eigenvalue weighted by Gasteiger charge is -2.33. The number of aryl methyl sites for hydroxylation is 1. The summed E-state index contributed by atoms with van der Waals surface area (Å²) in [4.78, 5) is 22.7. The minimum absolute atomic E-state index is 0.258. The van der Waals surface area contributed by atoms with Gasteiger partial charge in [0.1, 0.15) is 5.82 Å². The van der Waals surface area contributed by atoms with Gasteiger partial charge < -0.3 is 10.2 Å². The normalized spacial score (nSPS) is 20.4. The zero-order valence-corrected chi connectivity index (χ0v) is 11.3. The van der Waals surface area contributed by atoms with Crippen LogP contribution < -0.4 is 10.2 Å². The first kappa shape index (κ1) is 12.4. The third-order valence-electron chi connectivity index (χ3n) is 3.86. The molecule has 0 spiro atoms. The van der Waals surface area contributed by atoms with E-state index in [4.69, 9.17) is 0 Å². The topological polar surface area (TPSA) is 58.1 Å². The molecule has 0 atom stereocenters. The number of hydrogen-bond acceptors (Lipinski definition) is 4. The Balaban J connectivity index is 1.52. The summed E-state index contributed by atoms with van der Waals surface area (Å²) in [6, 6.07) is 0.335. The zero-order valence-electron chi connectivity index (χ0n) is 11.3. The second-order valence-corrected chi connectivity index (χ2v) is 5.56. The fourth-order valence-corrected chi connectivity index (χ4v) is 2.52. The molecule has 0 unspecified atom stereocenters. The summed E-state index contributed by atoms with van der Waals surface area (Å²) in [5.41, 5.74) is 0.946. The summed E-state index contributed by atoms with van der Waals surface area (Å²) in [5.74, 6) is 1.52. The summed E-state index contributed by atoms with van der Waals surface area (Å²) >= 11 is 0. The van der Waals surface area contributed by atoms with Crippen LogP contribution in [0.25, 0.3) is 0 Å². The van der Waals surface area contributed by atoms with Crippen molar-refractivity contribution in [2.45, 2.75) is 38.6 Å². The average Bonchev–Trinajstić information content (AvgIpc) is 3.24. The van der Waals surface area contributed by atoms with Crippen LogP contribution in [-0.4, -0.2) is 35.0 Å². The molecule has 0 bridgehead atoms. The van der Waals surface area contributed by atoms with Crippen molar-refractivity contribution in [3.63, 3.8) is 0 Å². The Morgan fingerprint density at radius 2 is 2.00 bits per heavy atom. The number of carbonyl (C=O) groups excluding carboxylic acids is 1. The van der Waals surface area contributed by atoms with Crippen LogP contribution in [0.3, 0.4) is 0 Å². The van der Waals surface area contributed by atoms with Crippen LogP contribution in [0.15, 0.2) is 12.4 Å². The van der Waals surface area contributed by atoms with E-state index in [1.54, 1.807) is 6.20 Å². The SMILES string of the molecule is Cc1cncc(N2CCC(NC(=O)C3CC3)CC2)n1. The van der Waals surface area contributed by atoms with Crippen LogP contribution >= 0.6 is 0 Å². The Morgan fingerprint density at radius 3 is 2.63 bits per heavy atom. The quantitative estimate of drug-likeness (QED) is 0.889. The first-order valence-corrected chi connectivity index (χ1v) is 7.06. The molecule has 5 nitrogen and oxygen atoms in total. The van der Waals surface area contributed by atoms with E-state index in [1.165, 1.54) is 0 Å². The smallest absolute Gasteiger partial charge is 0.223 e. The standard InChI is InChI=1S/C14H20N4O/c1-10-8-15-9-13(16-10)18-6-4-12(5-7-18)17-14(19)11-2-3-11/h8-9,11-12H,2-7H2,1H3,(H,17,19). The summed E-state index contributed by atoms with van der Waals surface area (Å²) in [5, 5.41) is 3.16. The average molecular weight is 260 g/mol. The number of nitrogens with one attached hydrogen (secondary N) is 1. The van der Waals surface area contributed by atoms with Crippen LogP contribution in [0.5, 0.6) is 0 Å². The van der Waals surface area contributed by atoms with Crippen LogP contribution in [0.4, 0.5) is 5.82 Å². The Bertz CT molecular complexity index is 464. The molecule has 102 valence electrons. The Kier molecular flexibility index (Phi) is 3.36. The largest absolute Gasteiger partial charge is 0.355 e. The van der Waals surface area contributed by atoms with Gasteiger partial charge in [-0.2, -0.15) is 0 Å². The lowest BCUT2D eigenvalue weighted by molar-refractivity contribution is -0.123. The Labute approximate surface area is 113 Å². The number of carbonyl (C=O) groups is 1.